The Labute approximate surface area is 134 Å². The number of nitrogens with zero attached hydrogens (tertiary/aromatic N) is 1. The number of benzene rings is 2. The molecule has 1 aromatic heterocycles. The Morgan fingerprint density at radius 3 is 2.48 bits per heavy atom. The first-order valence-electron chi connectivity index (χ1n) is 6.94. The Morgan fingerprint density at radius 1 is 1.09 bits per heavy atom. The summed E-state index contributed by atoms with van der Waals surface area (Å²) in [6.07, 6.45) is 2.63. The summed E-state index contributed by atoms with van der Waals surface area (Å²) >= 11 is 0. The van der Waals surface area contributed by atoms with E-state index in [4.69, 9.17) is 4.52 Å². The first-order chi connectivity index (χ1) is 11.0. The summed E-state index contributed by atoms with van der Waals surface area (Å²) in [5.41, 5.74) is 3.40. The van der Waals surface area contributed by atoms with Crippen LogP contribution in [0.3, 0.4) is 0 Å². The van der Waals surface area contributed by atoms with E-state index in [1.165, 1.54) is 12.3 Å². The van der Waals surface area contributed by atoms with Gasteiger partial charge in [0.05, 0.1) is 11.5 Å². The summed E-state index contributed by atoms with van der Waals surface area (Å²) in [6, 6.07) is 14.4. The first kappa shape index (κ1) is 15.5. The van der Waals surface area contributed by atoms with Crippen molar-refractivity contribution in [3.05, 3.63) is 60.4 Å². The Kier molecular flexibility index (Phi) is 4.02. The lowest BCUT2D eigenvalue weighted by Gasteiger charge is -2.08. The van der Waals surface area contributed by atoms with E-state index in [-0.39, 0.29) is 11.5 Å². The van der Waals surface area contributed by atoms with Crippen molar-refractivity contribution in [1.29, 1.82) is 0 Å². The molecule has 0 atom stereocenters. The van der Waals surface area contributed by atoms with Crippen LogP contribution >= 0.6 is 0 Å². The molecule has 3 rings (SSSR count). The van der Waals surface area contributed by atoms with Gasteiger partial charge in [-0.1, -0.05) is 41.6 Å². The second kappa shape index (κ2) is 5.98. The lowest BCUT2D eigenvalue weighted by Crippen LogP contribution is -2.02. The maximum Gasteiger partial charge on any atom is 0.175 e. The zero-order valence-electron chi connectivity index (χ0n) is 12.4. The van der Waals surface area contributed by atoms with E-state index in [1.807, 2.05) is 30.3 Å². The van der Waals surface area contributed by atoms with Gasteiger partial charge in [-0.15, -0.1) is 0 Å². The van der Waals surface area contributed by atoms with Crippen molar-refractivity contribution in [3.63, 3.8) is 0 Å². The molecule has 118 valence electrons. The van der Waals surface area contributed by atoms with Crippen LogP contribution in [-0.2, 0) is 16.4 Å². The molecule has 0 radical (unpaired) electrons. The molecule has 0 unspecified atom stereocenters. The molecule has 1 N–H and O–H groups in total. The van der Waals surface area contributed by atoms with E-state index in [2.05, 4.69) is 5.16 Å². The lowest BCUT2D eigenvalue weighted by atomic mass is 10.0. The molecule has 1 heterocycles. The molecule has 2 aromatic carbocycles. The fraction of sp³-hybridized carbons (Fsp3) is 0.118. The van der Waals surface area contributed by atoms with Gasteiger partial charge in [0.15, 0.2) is 9.84 Å². The van der Waals surface area contributed by atoms with Crippen LogP contribution in [0.4, 0.5) is 0 Å². The average molecular weight is 329 g/mol. The average Bonchev–Trinajstić information content (AvgIpc) is 3.04. The predicted octanol–water partition coefficient (Wildman–Crippen LogP) is 2.90. The topological polar surface area (TPSA) is 80.4 Å². The second-order valence-corrected chi connectivity index (χ2v) is 7.18. The van der Waals surface area contributed by atoms with Gasteiger partial charge in [0.25, 0.3) is 0 Å². The van der Waals surface area contributed by atoms with E-state index < -0.39 is 9.84 Å². The summed E-state index contributed by atoms with van der Waals surface area (Å²) < 4.78 is 28.6. The molecule has 0 saturated carbocycles. The van der Waals surface area contributed by atoms with Crippen molar-refractivity contribution in [1.82, 2.24) is 5.16 Å². The van der Waals surface area contributed by atoms with Crippen LogP contribution in [0, 0.1) is 0 Å². The zero-order valence-corrected chi connectivity index (χ0v) is 13.2. The molecular weight excluding hydrogens is 314 g/mol. The molecule has 0 bridgehead atoms. The molecule has 5 nitrogen and oxygen atoms in total. The number of aliphatic hydroxyl groups is 1. The Hall–Kier alpha value is -2.44. The monoisotopic (exact) mass is 329 g/mol. The highest BCUT2D eigenvalue weighted by Gasteiger charge is 2.17. The van der Waals surface area contributed by atoms with Crippen LogP contribution in [0.5, 0.6) is 0 Å². The van der Waals surface area contributed by atoms with Gasteiger partial charge in [-0.25, -0.2) is 8.42 Å². The normalized spacial score (nSPS) is 11.6. The Morgan fingerprint density at radius 2 is 1.83 bits per heavy atom. The minimum Gasteiger partial charge on any atom is -0.392 e. The van der Waals surface area contributed by atoms with Gasteiger partial charge >= 0.3 is 0 Å². The second-order valence-electron chi connectivity index (χ2n) is 5.20. The van der Waals surface area contributed by atoms with Gasteiger partial charge in [-0.05, 0) is 23.3 Å². The summed E-state index contributed by atoms with van der Waals surface area (Å²) in [6.45, 7) is -0.359. The molecule has 0 aliphatic rings. The van der Waals surface area contributed by atoms with E-state index in [1.54, 1.807) is 12.1 Å². The van der Waals surface area contributed by atoms with Gasteiger partial charge < -0.3 is 9.63 Å². The van der Waals surface area contributed by atoms with Crippen molar-refractivity contribution >= 4 is 9.84 Å². The van der Waals surface area contributed by atoms with Crippen molar-refractivity contribution in [2.24, 2.45) is 0 Å². The predicted molar refractivity (Wildman–Crippen MR) is 86.4 cm³/mol. The van der Waals surface area contributed by atoms with Crippen molar-refractivity contribution in [2.75, 3.05) is 6.26 Å². The maximum absolute atomic E-state index is 11.8. The third kappa shape index (κ3) is 3.04. The van der Waals surface area contributed by atoms with Crippen LogP contribution < -0.4 is 0 Å². The van der Waals surface area contributed by atoms with Crippen LogP contribution in [0.25, 0.3) is 22.4 Å². The van der Waals surface area contributed by atoms with E-state index >= 15 is 0 Å². The molecule has 0 amide bonds. The Balaban J connectivity index is 2.13. The number of rotatable bonds is 4. The fourth-order valence-electron chi connectivity index (χ4n) is 2.48. The van der Waals surface area contributed by atoms with E-state index in [0.717, 1.165) is 22.9 Å². The molecule has 0 aliphatic carbocycles. The van der Waals surface area contributed by atoms with Crippen LogP contribution in [0.2, 0.25) is 0 Å². The van der Waals surface area contributed by atoms with Gasteiger partial charge in [0, 0.05) is 17.4 Å². The smallest absolute Gasteiger partial charge is 0.175 e. The third-order valence-electron chi connectivity index (χ3n) is 3.56. The third-order valence-corrected chi connectivity index (χ3v) is 4.76. The Bertz CT molecular complexity index is 930. The summed E-state index contributed by atoms with van der Waals surface area (Å²) in [7, 11) is -3.39. The van der Waals surface area contributed by atoms with Crippen molar-refractivity contribution in [3.8, 4) is 22.4 Å². The highest BCUT2D eigenvalue weighted by Crippen LogP contribution is 2.32. The molecule has 0 saturated heterocycles. The number of aliphatic hydroxyl groups excluding tert-OH is 1. The van der Waals surface area contributed by atoms with Gasteiger partial charge in [-0.2, -0.15) is 0 Å². The zero-order chi connectivity index (χ0) is 16.4. The highest BCUT2D eigenvalue weighted by molar-refractivity contribution is 7.90. The molecular formula is C17H15NO4S. The molecule has 6 heteroatoms. The summed E-state index contributed by atoms with van der Waals surface area (Å²) in [4.78, 5) is 0.126. The first-order valence-corrected chi connectivity index (χ1v) is 8.84. The quantitative estimate of drug-likeness (QED) is 0.796. The minimum absolute atomic E-state index is 0.126. The molecule has 0 aliphatic heterocycles. The van der Waals surface area contributed by atoms with Crippen molar-refractivity contribution < 1.29 is 18.0 Å². The van der Waals surface area contributed by atoms with Crippen LogP contribution in [0.1, 0.15) is 5.56 Å². The fourth-order valence-corrected chi connectivity index (χ4v) is 3.39. The minimum atomic E-state index is -3.39. The number of hydrogen-bond acceptors (Lipinski definition) is 5. The molecule has 23 heavy (non-hydrogen) atoms. The number of aromatic nitrogens is 1. The molecule has 0 fully saturated rings. The number of sulfone groups is 1. The number of hydrogen-bond donors (Lipinski definition) is 1. The summed E-state index contributed by atoms with van der Waals surface area (Å²) in [5, 5.41) is 13.5. The van der Waals surface area contributed by atoms with Gasteiger partial charge in [0.1, 0.15) is 12.0 Å². The van der Waals surface area contributed by atoms with E-state index in [0.29, 0.717) is 11.3 Å². The standard InChI is InChI=1S/C17H15NO4S/c1-23(20,21)16-8-7-13(9-14(16)10-19)15-11-22-18-17(15)12-5-3-2-4-6-12/h2-9,11,19H,10H2,1H3. The maximum atomic E-state index is 11.8. The summed E-state index contributed by atoms with van der Waals surface area (Å²) in [5.74, 6) is 0. The largest absolute Gasteiger partial charge is 0.392 e. The highest BCUT2D eigenvalue weighted by atomic mass is 32.2. The molecule has 0 spiro atoms. The van der Waals surface area contributed by atoms with E-state index in [9.17, 15) is 13.5 Å². The molecule has 3 aromatic rings. The lowest BCUT2D eigenvalue weighted by molar-refractivity contribution is 0.278. The van der Waals surface area contributed by atoms with Gasteiger partial charge in [0.2, 0.25) is 0 Å². The van der Waals surface area contributed by atoms with Gasteiger partial charge in [-0.3, -0.25) is 0 Å². The van der Waals surface area contributed by atoms with Crippen LogP contribution in [-0.4, -0.2) is 24.9 Å². The SMILES string of the molecule is CS(=O)(=O)c1ccc(-c2conc2-c2ccccc2)cc1CO. The van der Waals surface area contributed by atoms with Crippen LogP contribution in [0.15, 0.2) is 64.2 Å². The van der Waals surface area contributed by atoms with Crippen molar-refractivity contribution in [2.45, 2.75) is 11.5 Å².